The van der Waals surface area contributed by atoms with E-state index in [0.29, 0.717) is 0 Å². The molecule has 0 amide bonds. The lowest BCUT2D eigenvalue weighted by atomic mass is 9.97. The third-order valence-electron chi connectivity index (χ3n) is 4.33. The summed E-state index contributed by atoms with van der Waals surface area (Å²) in [6.45, 7) is -1.47. The average Bonchev–Trinajstić information content (AvgIpc) is 2.62. The fourth-order valence-corrected chi connectivity index (χ4v) is 2.75. The minimum Gasteiger partial charge on any atom is -0.394 e. The van der Waals surface area contributed by atoms with E-state index in [1.54, 1.807) is 0 Å². The van der Waals surface area contributed by atoms with Crippen molar-refractivity contribution in [1.82, 2.24) is 0 Å². The Balaban J connectivity index is 2.24. The van der Waals surface area contributed by atoms with Crippen LogP contribution in [0.2, 0.25) is 0 Å². The first-order chi connectivity index (χ1) is 11.7. The highest BCUT2D eigenvalue weighted by Gasteiger charge is 2.58. The number of rotatable bonds is 5. The molecule has 0 aromatic rings. The lowest BCUT2D eigenvalue weighted by Gasteiger charge is -2.49. The molecule has 12 nitrogen and oxygen atoms in total. The average molecular weight is 372 g/mol. The number of hydrogen-bond donors (Lipinski definition) is 8. The molecule has 0 unspecified atom stereocenters. The van der Waals surface area contributed by atoms with E-state index in [2.05, 4.69) is 0 Å². The van der Waals surface area contributed by atoms with E-state index in [9.17, 15) is 35.7 Å². The molecular weight excluding hydrogens is 348 g/mol. The van der Waals surface area contributed by atoms with Crippen molar-refractivity contribution in [3.05, 3.63) is 0 Å². The molecule has 2 saturated heterocycles. The Morgan fingerprint density at radius 1 is 0.800 bits per heavy atom. The van der Waals surface area contributed by atoms with Gasteiger partial charge in [-0.1, -0.05) is 0 Å². The van der Waals surface area contributed by atoms with Crippen LogP contribution in [-0.4, -0.2) is 122 Å². The van der Waals surface area contributed by atoms with Gasteiger partial charge in [0.05, 0.1) is 13.2 Å². The molecule has 148 valence electrons. The molecule has 0 spiro atoms. The summed E-state index contributed by atoms with van der Waals surface area (Å²) in [6.07, 6.45) is -15.1. The molecule has 25 heavy (non-hydrogen) atoms. The molecule has 2 fully saturated rings. The summed E-state index contributed by atoms with van der Waals surface area (Å²) in [6, 6.07) is 0. The Hall–Kier alpha value is -0.480. The predicted molar refractivity (Wildman–Crippen MR) is 74.6 cm³/mol. The standard InChI is InChI=1S/C13H24O12/c1-22-13(11(21)9(19)7(17)5(3-15)24-13)25-12-10(20)8(18)6(16)4(2-14)23-12/h4-12,14-21H,2-3H2,1H3/t4-,5-,6+,7+,8+,9+,10-,11-,12-,13+/m1/s1. The van der Waals surface area contributed by atoms with Gasteiger partial charge in [0.2, 0.25) is 0 Å². The predicted octanol–water partition coefficient (Wildman–Crippen LogP) is -5.42. The first-order valence-corrected chi connectivity index (χ1v) is 7.58. The Kier molecular flexibility index (Phi) is 6.70. The van der Waals surface area contributed by atoms with E-state index in [1.165, 1.54) is 0 Å². The van der Waals surface area contributed by atoms with Crippen molar-refractivity contribution >= 4 is 0 Å². The van der Waals surface area contributed by atoms with Gasteiger partial charge >= 0.3 is 5.97 Å². The van der Waals surface area contributed by atoms with Crippen LogP contribution >= 0.6 is 0 Å². The number of hydrogen-bond acceptors (Lipinski definition) is 12. The second kappa shape index (κ2) is 8.04. The van der Waals surface area contributed by atoms with Gasteiger partial charge in [-0.25, -0.2) is 0 Å². The fraction of sp³-hybridized carbons (Fsp3) is 1.00. The molecule has 2 rings (SSSR count). The monoisotopic (exact) mass is 372 g/mol. The van der Waals surface area contributed by atoms with E-state index in [4.69, 9.17) is 24.1 Å². The Morgan fingerprint density at radius 3 is 1.88 bits per heavy atom. The highest BCUT2D eigenvalue weighted by atomic mass is 16.9. The fourth-order valence-electron chi connectivity index (χ4n) is 2.75. The first kappa shape index (κ1) is 20.8. The number of ether oxygens (including phenoxy) is 4. The summed E-state index contributed by atoms with van der Waals surface area (Å²) in [5.74, 6) is -2.47. The molecule has 0 bridgehead atoms. The maximum atomic E-state index is 10.2. The Labute approximate surface area is 142 Å². The summed E-state index contributed by atoms with van der Waals surface area (Å²) in [5, 5.41) is 77.7. The lowest BCUT2D eigenvalue weighted by molar-refractivity contribution is -0.494. The van der Waals surface area contributed by atoms with E-state index >= 15 is 0 Å². The van der Waals surface area contributed by atoms with Crippen LogP contribution in [0.25, 0.3) is 0 Å². The van der Waals surface area contributed by atoms with Gasteiger partial charge in [0, 0.05) is 7.11 Å². The number of aliphatic hydroxyl groups excluding tert-OH is 8. The van der Waals surface area contributed by atoms with Gasteiger partial charge in [-0.15, -0.1) is 0 Å². The summed E-state index contributed by atoms with van der Waals surface area (Å²) in [4.78, 5) is 0. The minimum absolute atomic E-state index is 0.713. The molecule has 0 aliphatic carbocycles. The third-order valence-corrected chi connectivity index (χ3v) is 4.33. The maximum Gasteiger partial charge on any atom is 0.315 e. The van der Waals surface area contributed by atoms with Gasteiger partial charge in [-0.2, -0.15) is 0 Å². The van der Waals surface area contributed by atoms with Crippen molar-refractivity contribution in [1.29, 1.82) is 0 Å². The second-order valence-corrected chi connectivity index (χ2v) is 5.89. The second-order valence-electron chi connectivity index (χ2n) is 5.89. The molecule has 0 aromatic heterocycles. The van der Waals surface area contributed by atoms with Crippen LogP contribution in [0.4, 0.5) is 0 Å². The summed E-state index contributed by atoms with van der Waals surface area (Å²) in [5.41, 5.74) is 0. The quantitative estimate of drug-likeness (QED) is 0.213. The SMILES string of the molecule is CO[C@]1(O[C@H]2O[C@H](CO)[C@H](O)[C@H](O)[C@H]2O)O[C@H](CO)[C@H](O)[C@H](O)[C@H]1O. The Bertz CT molecular complexity index is 433. The van der Waals surface area contributed by atoms with Crippen molar-refractivity contribution in [2.24, 2.45) is 0 Å². The van der Waals surface area contributed by atoms with E-state index < -0.39 is 74.3 Å². The summed E-state index contributed by atoms with van der Waals surface area (Å²) in [7, 11) is 1.02. The van der Waals surface area contributed by atoms with Gasteiger partial charge < -0.3 is 55.1 Å². The normalized spacial score (nSPS) is 51.5. The van der Waals surface area contributed by atoms with Gasteiger partial charge in [0.1, 0.15) is 42.7 Å². The topological polar surface area (TPSA) is 199 Å². The molecule has 8 N–H and O–H groups in total. The first-order valence-electron chi connectivity index (χ1n) is 7.58. The molecule has 0 aromatic carbocycles. The zero-order valence-corrected chi connectivity index (χ0v) is 13.3. The Morgan fingerprint density at radius 2 is 1.36 bits per heavy atom. The van der Waals surface area contributed by atoms with Crippen molar-refractivity contribution in [3.8, 4) is 0 Å². The largest absolute Gasteiger partial charge is 0.394 e. The van der Waals surface area contributed by atoms with Crippen LogP contribution in [0.5, 0.6) is 0 Å². The molecule has 2 heterocycles. The molecule has 2 aliphatic rings. The van der Waals surface area contributed by atoms with Gasteiger partial charge in [-0.3, -0.25) is 4.74 Å². The van der Waals surface area contributed by atoms with Crippen molar-refractivity contribution in [2.45, 2.75) is 61.1 Å². The van der Waals surface area contributed by atoms with Crippen LogP contribution in [0.1, 0.15) is 0 Å². The summed E-state index contributed by atoms with van der Waals surface area (Å²) < 4.78 is 20.5. The molecule has 10 atom stereocenters. The van der Waals surface area contributed by atoms with Crippen LogP contribution in [0.15, 0.2) is 0 Å². The van der Waals surface area contributed by atoms with Crippen LogP contribution in [0, 0.1) is 0 Å². The maximum absolute atomic E-state index is 10.2. The highest BCUT2D eigenvalue weighted by molar-refractivity contribution is 4.95. The smallest absolute Gasteiger partial charge is 0.315 e. The minimum atomic E-state index is -2.47. The van der Waals surface area contributed by atoms with Crippen molar-refractivity contribution < 1.29 is 59.8 Å². The zero-order valence-electron chi connectivity index (χ0n) is 13.3. The molecule has 12 heteroatoms. The molecular formula is C13H24O12. The van der Waals surface area contributed by atoms with Crippen molar-refractivity contribution in [3.63, 3.8) is 0 Å². The van der Waals surface area contributed by atoms with Crippen LogP contribution in [-0.2, 0) is 18.9 Å². The van der Waals surface area contributed by atoms with Crippen LogP contribution < -0.4 is 0 Å². The lowest BCUT2D eigenvalue weighted by Crippen LogP contribution is -2.69. The highest BCUT2D eigenvalue weighted by Crippen LogP contribution is 2.35. The third kappa shape index (κ3) is 3.66. The summed E-state index contributed by atoms with van der Waals surface area (Å²) >= 11 is 0. The van der Waals surface area contributed by atoms with Gasteiger partial charge in [0.15, 0.2) is 12.4 Å². The molecule has 0 radical (unpaired) electrons. The van der Waals surface area contributed by atoms with Gasteiger partial charge in [0.25, 0.3) is 0 Å². The zero-order chi connectivity index (χ0) is 18.9. The van der Waals surface area contributed by atoms with E-state index in [1.807, 2.05) is 0 Å². The van der Waals surface area contributed by atoms with Crippen LogP contribution in [0.3, 0.4) is 0 Å². The molecule has 0 saturated carbocycles. The van der Waals surface area contributed by atoms with E-state index in [0.717, 1.165) is 7.11 Å². The van der Waals surface area contributed by atoms with Crippen molar-refractivity contribution in [2.75, 3.05) is 20.3 Å². The molecule has 2 aliphatic heterocycles. The van der Waals surface area contributed by atoms with E-state index in [-0.39, 0.29) is 0 Å². The number of aliphatic hydroxyl groups is 8. The van der Waals surface area contributed by atoms with Gasteiger partial charge in [-0.05, 0) is 0 Å². The number of methoxy groups -OCH3 is 1.